The topological polar surface area (TPSA) is 101 Å². The summed E-state index contributed by atoms with van der Waals surface area (Å²) < 4.78 is 22.7. The minimum atomic E-state index is -2.97. The van der Waals surface area contributed by atoms with Gasteiger partial charge in [-0.15, -0.1) is 11.8 Å². The van der Waals surface area contributed by atoms with Crippen molar-refractivity contribution in [3.63, 3.8) is 0 Å². The standard InChI is InChI=1S/C15H19NO5S2/c17-14(9-22-12-6-7-23(20,21)10-12)16-13(15(18)19)8-11-4-2-1-3-5-11/h1-5,12-13H,6-10H2,(H,16,17)(H,18,19)/t12?,13-/m1/s1. The van der Waals surface area contributed by atoms with E-state index in [0.29, 0.717) is 6.42 Å². The predicted octanol–water partition coefficient (Wildman–Crippen LogP) is 0.719. The average molecular weight is 357 g/mol. The zero-order valence-corrected chi connectivity index (χ0v) is 14.1. The van der Waals surface area contributed by atoms with Crippen molar-refractivity contribution in [2.75, 3.05) is 17.3 Å². The Morgan fingerprint density at radius 2 is 2.00 bits per heavy atom. The van der Waals surface area contributed by atoms with Gasteiger partial charge in [-0.3, -0.25) is 4.79 Å². The lowest BCUT2D eigenvalue weighted by atomic mass is 10.1. The summed E-state index contributed by atoms with van der Waals surface area (Å²) in [4.78, 5) is 23.2. The van der Waals surface area contributed by atoms with Crippen LogP contribution in [0.2, 0.25) is 0 Å². The molecule has 1 aliphatic heterocycles. The number of carbonyl (C=O) groups excluding carboxylic acids is 1. The fraction of sp³-hybridized carbons (Fsp3) is 0.467. The Balaban J connectivity index is 1.83. The molecule has 1 saturated heterocycles. The second-order valence-electron chi connectivity index (χ2n) is 5.48. The summed E-state index contributed by atoms with van der Waals surface area (Å²) in [5, 5.41) is 11.7. The maximum absolute atomic E-state index is 11.9. The van der Waals surface area contributed by atoms with Crippen LogP contribution in [0.15, 0.2) is 30.3 Å². The molecule has 0 bridgehead atoms. The zero-order valence-electron chi connectivity index (χ0n) is 12.5. The third-order valence-electron chi connectivity index (χ3n) is 3.56. The van der Waals surface area contributed by atoms with E-state index in [4.69, 9.17) is 0 Å². The van der Waals surface area contributed by atoms with Crippen molar-refractivity contribution in [1.82, 2.24) is 5.32 Å². The highest BCUT2D eigenvalue weighted by Gasteiger charge is 2.29. The molecule has 1 unspecified atom stereocenters. The number of thioether (sulfide) groups is 1. The number of hydrogen-bond acceptors (Lipinski definition) is 5. The molecule has 1 heterocycles. The van der Waals surface area contributed by atoms with Gasteiger partial charge in [0.05, 0.1) is 17.3 Å². The van der Waals surface area contributed by atoms with E-state index in [1.165, 1.54) is 11.8 Å². The molecule has 0 aromatic heterocycles. The molecule has 8 heteroatoms. The van der Waals surface area contributed by atoms with E-state index in [9.17, 15) is 23.1 Å². The van der Waals surface area contributed by atoms with E-state index < -0.39 is 21.8 Å². The van der Waals surface area contributed by atoms with Crippen LogP contribution >= 0.6 is 11.8 Å². The highest BCUT2D eigenvalue weighted by Crippen LogP contribution is 2.24. The highest BCUT2D eigenvalue weighted by atomic mass is 32.2. The van der Waals surface area contributed by atoms with Crippen molar-refractivity contribution in [3.05, 3.63) is 35.9 Å². The fourth-order valence-corrected chi connectivity index (χ4v) is 5.83. The number of carboxylic acids is 1. The van der Waals surface area contributed by atoms with Gasteiger partial charge in [0.2, 0.25) is 5.91 Å². The van der Waals surface area contributed by atoms with Crippen LogP contribution in [0.4, 0.5) is 0 Å². The summed E-state index contributed by atoms with van der Waals surface area (Å²) in [6.07, 6.45) is 0.761. The van der Waals surface area contributed by atoms with Crippen molar-refractivity contribution in [3.8, 4) is 0 Å². The summed E-state index contributed by atoms with van der Waals surface area (Å²) in [6, 6.07) is 8.08. The molecule has 23 heavy (non-hydrogen) atoms. The minimum absolute atomic E-state index is 0.0682. The van der Waals surface area contributed by atoms with Crippen LogP contribution in [-0.4, -0.2) is 54.0 Å². The lowest BCUT2D eigenvalue weighted by Gasteiger charge is -2.15. The van der Waals surface area contributed by atoms with Crippen LogP contribution in [0.25, 0.3) is 0 Å². The molecule has 2 N–H and O–H groups in total. The molecule has 1 aromatic carbocycles. The summed E-state index contributed by atoms with van der Waals surface area (Å²) in [5.41, 5.74) is 0.828. The highest BCUT2D eigenvalue weighted by molar-refractivity contribution is 8.02. The minimum Gasteiger partial charge on any atom is -0.480 e. The maximum Gasteiger partial charge on any atom is 0.326 e. The van der Waals surface area contributed by atoms with Crippen molar-refractivity contribution < 1.29 is 23.1 Å². The molecule has 0 aliphatic carbocycles. The third kappa shape index (κ3) is 5.87. The van der Waals surface area contributed by atoms with Crippen LogP contribution in [0.3, 0.4) is 0 Å². The van der Waals surface area contributed by atoms with Crippen molar-refractivity contribution >= 4 is 33.5 Å². The number of benzene rings is 1. The van der Waals surface area contributed by atoms with Gasteiger partial charge in [0.25, 0.3) is 0 Å². The van der Waals surface area contributed by atoms with Crippen LogP contribution in [-0.2, 0) is 25.8 Å². The Kier molecular flexibility index (Phi) is 6.06. The number of carbonyl (C=O) groups is 2. The van der Waals surface area contributed by atoms with Crippen molar-refractivity contribution in [2.45, 2.75) is 24.1 Å². The molecule has 1 amide bonds. The molecule has 2 atom stereocenters. The molecular formula is C15H19NO5S2. The number of amides is 1. The van der Waals surface area contributed by atoms with Crippen LogP contribution in [0.1, 0.15) is 12.0 Å². The Morgan fingerprint density at radius 1 is 1.30 bits per heavy atom. The van der Waals surface area contributed by atoms with Crippen LogP contribution in [0, 0.1) is 0 Å². The lowest BCUT2D eigenvalue weighted by molar-refractivity contribution is -0.141. The number of carboxylic acid groups (broad SMARTS) is 1. The zero-order chi connectivity index (χ0) is 16.9. The van der Waals surface area contributed by atoms with Crippen LogP contribution < -0.4 is 5.32 Å². The normalized spacial score (nSPS) is 20.8. The molecule has 0 radical (unpaired) electrons. The van der Waals surface area contributed by atoms with Gasteiger partial charge < -0.3 is 10.4 Å². The molecule has 1 aromatic rings. The molecule has 6 nitrogen and oxygen atoms in total. The monoisotopic (exact) mass is 357 g/mol. The number of aliphatic carboxylic acids is 1. The van der Waals surface area contributed by atoms with Gasteiger partial charge in [-0.25, -0.2) is 13.2 Å². The van der Waals surface area contributed by atoms with Crippen molar-refractivity contribution in [2.24, 2.45) is 0 Å². The predicted molar refractivity (Wildman–Crippen MR) is 89.2 cm³/mol. The summed E-state index contributed by atoms with van der Waals surface area (Å²) in [5.74, 6) is -1.15. The molecule has 126 valence electrons. The van der Waals surface area contributed by atoms with E-state index in [2.05, 4.69) is 5.32 Å². The molecular weight excluding hydrogens is 338 g/mol. The smallest absolute Gasteiger partial charge is 0.326 e. The Hall–Kier alpha value is -1.54. The summed E-state index contributed by atoms with van der Waals surface area (Å²) in [6.45, 7) is 0. The number of rotatable bonds is 7. The largest absolute Gasteiger partial charge is 0.480 e. The molecule has 0 spiro atoms. The third-order valence-corrected chi connectivity index (χ3v) is 6.84. The summed E-state index contributed by atoms with van der Waals surface area (Å²) in [7, 11) is -2.97. The second-order valence-corrected chi connectivity index (χ2v) is 9.00. The van der Waals surface area contributed by atoms with Gasteiger partial charge in [0.15, 0.2) is 9.84 Å². The molecule has 0 saturated carbocycles. The quantitative estimate of drug-likeness (QED) is 0.746. The maximum atomic E-state index is 11.9. The van der Waals surface area contributed by atoms with Crippen LogP contribution in [0.5, 0.6) is 0 Å². The van der Waals surface area contributed by atoms with E-state index in [1.807, 2.05) is 18.2 Å². The Labute approximate surface area is 139 Å². The SMILES string of the molecule is O=C(CSC1CCS(=O)(=O)C1)N[C@H](Cc1ccccc1)C(=O)O. The molecule has 1 fully saturated rings. The second kappa shape index (κ2) is 7.83. The van der Waals surface area contributed by atoms with Gasteiger partial charge in [-0.05, 0) is 12.0 Å². The number of hydrogen-bond donors (Lipinski definition) is 2. The van der Waals surface area contributed by atoms with Gasteiger partial charge >= 0.3 is 5.97 Å². The van der Waals surface area contributed by atoms with Gasteiger partial charge in [-0.2, -0.15) is 0 Å². The average Bonchev–Trinajstić information content (AvgIpc) is 2.85. The first-order valence-corrected chi connectivity index (χ1v) is 10.1. The van der Waals surface area contributed by atoms with E-state index in [-0.39, 0.29) is 34.8 Å². The van der Waals surface area contributed by atoms with E-state index in [0.717, 1.165) is 5.56 Å². The van der Waals surface area contributed by atoms with E-state index >= 15 is 0 Å². The van der Waals surface area contributed by atoms with Gasteiger partial charge in [0, 0.05) is 11.7 Å². The first kappa shape index (κ1) is 17.8. The number of sulfone groups is 1. The van der Waals surface area contributed by atoms with Gasteiger partial charge in [0.1, 0.15) is 6.04 Å². The molecule has 2 rings (SSSR count). The number of nitrogens with one attached hydrogen (secondary N) is 1. The fourth-order valence-electron chi connectivity index (χ4n) is 2.37. The summed E-state index contributed by atoms with van der Waals surface area (Å²) >= 11 is 1.27. The lowest BCUT2D eigenvalue weighted by Crippen LogP contribution is -2.43. The first-order chi connectivity index (χ1) is 10.9. The Bertz CT molecular complexity index is 660. The molecule has 1 aliphatic rings. The van der Waals surface area contributed by atoms with Gasteiger partial charge in [-0.1, -0.05) is 30.3 Å². The first-order valence-electron chi connectivity index (χ1n) is 7.24. The Morgan fingerprint density at radius 3 is 2.57 bits per heavy atom. The van der Waals surface area contributed by atoms with Crippen molar-refractivity contribution in [1.29, 1.82) is 0 Å². The van der Waals surface area contributed by atoms with E-state index in [1.54, 1.807) is 12.1 Å².